The first kappa shape index (κ1) is 7.90. The summed E-state index contributed by atoms with van der Waals surface area (Å²) in [4.78, 5) is 10.1. The Morgan fingerprint density at radius 1 is 1.78 bits per heavy atom. The molecule has 0 spiro atoms. The van der Waals surface area contributed by atoms with Crippen LogP contribution >= 0.6 is 12.4 Å². The molecule has 0 aliphatic rings. The Kier molecular flexibility index (Phi) is 2.66. The van der Waals surface area contributed by atoms with Crippen LogP contribution in [0, 0.1) is 0 Å². The highest BCUT2D eigenvalue weighted by molar-refractivity contribution is 5.87. The number of carbonyl (C=O) groups is 1. The summed E-state index contributed by atoms with van der Waals surface area (Å²) in [5, 5.41) is 6.45. The predicted molar refractivity (Wildman–Crippen MR) is 30.1 cm³/mol. The van der Waals surface area contributed by atoms with E-state index in [9.17, 15) is 4.79 Å². The summed E-state index contributed by atoms with van der Waals surface area (Å²) >= 11 is 0. The van der Waals surface area contributed by atoms with Crippen molar-refractivity contribution < 1.29 is 9.21 Å². The van der Waals surface area contributed by atoms with Crippen molar-refractivity contribution in [3.63, 3.8) is 0 Å². The Morgan fingerprint density at radius 3 is 2.67 bits per heavy atom. The fourth-order valence-electron chi connectivity index (χ4n) is 0.280. The van der Waals surface area contributed by atoms with Crippen LogP contribution in [-0.2, 0) is 0 Å². The Labute approximate surface area is 56.7 Å². The highest BCUT2D eigenvalue weighted by Crippen LogP contribution is 1.85. The molecule has 0 aliphatic carbocycles. The lowest BCUT2D eigenvalue weighted by atomic mass is 10.6. The number of nitrogens with zero attached hydrogens (tertiary/aromatic N) is 2. The van der Waals surface area contributed by atoms with E-state index in [0.29, 0.717) is 0 Å². The summed E-state index contributed by atoms with van der Waals surface area (Å²) in [7, 11) is 0. The lowest BCUT2D eigenvalue weighted by Crippen LogP contribution is -2.10. The number of hydrogen-bond donors (Lipinski definition) is 1. The summed E-state index contributed by atoms with van der Waals surface area (Å²) in [6.07, 6.45) is 1.04. The van der Waals surface area contributed by atoms with Gasteiger partial charge in [-0.25, -0.2) is 0 Å². The molecule has 50 valence electrons. The van der Waals surface area contributed by atoms with Crippen molar-refractivity contribution in [2.24, 2.45) is 5.73 Å². The largest absolute Gasteiger partial charge is 0.420 e. The van der Waals surface area contributed by atoms with Crippen LogP contribution in [0.5, 0.6) is 0 Å². The molecule has 1 aromatic rings. The van der Waals surface area contributed by atoms with Crippen LogP contribution in [0.3, 0.4) is 0 Å². The standard InChI is InChI=1S/C3H3N3O2.ClH/c4-2(7)3-6-5-1-8-3;/h1H,(H2,4,7);1H. The van der Waals surface area contributed by atoms with Crippen molar-refractivity contribution in [3.8, 4) is 0 Å². The van der Waals surface area contributed by atoms with Crippen LogP contribution in [0.4, 0.5) is 0 Å². The van der Waals surface area contributed by atoms with Crippen LogP contribution in [0.25, 0.3) is 0 Å². The Morgan fingerprint density at radius 2 is 2.44 bits per heavy atom. The summed E-state index contributed by atoms with van der Waals surface area (Å²) in [6, 6.07) is 0. The summed E-state index contributed by atoms with van der Waals surface area (Å²) in [5.41, 5.74) is 4.72. The maximum absolute atomic E-state index is 10.1. The van der Waals surface area contributed by atoms with E-state index in [1.54, 1.807) is 0 Å². The monoisotopic (exact) mass is 149 g/mol. The molecule has 0 unspecified atom stereocenters. The molecule has 0 aromatic carbocycles. The van der Waals surface area contributed by atoms with Gasteiger partial charge in [-0.1, -0.05) is 0 Å². The van der Waals surface area contributed by atoms with E-state index < -0.39 is 5.91 Å². The van der Waals surface area contributed by atoms with E-state index in [4.69, 9.17) is 5.73 Å². The van der Waals surface area contributed by atoms with E-state index in [-0.39, 0.29) is 18.3 Å². The van der Waals surface area contributed by atoms with Crippen molar-refractivity contribution in [2.45, 2.75) is 0 Å². The van der Waals surface area contributed by atoms with Crippen molar-refractivity contribution >= 4 is 18.3 Å². The van der Waals surface area contributed by atoms with Gasteiger partial charge in [-0.15, -0.1) is 22.6 Å². The van der Waals surface area contributed by atoms with Gasteiger partial charge in [-0.2, -0.15) is 0 Å². The number of hydrogen-bond acceptors (Lipinski definition) is 4. The van der Waals surface area contributed by atoms with Crippen molar-refractivity contribution in [2.75, 3.05) is 0 Å². The van der Waals surface area contributed by atoms with Crippen LogP contribution in [0.1, 0.15) is 10.7 Å². The van der Waals surface area contributed by atoms with Gasteiger partial charge in [-0.05, 0) is 0 Å². The van der Waals surface area contributed by atoms with Gasteiger partial charge in [0.05, 0.1) is 0 Å². The third kappa shape index (κ3) is 1.69. The van der Waals surface area contributed by atoms with E-state index in [2.05, 4.69) is 14.6 Å². The minimum atomic E-state index is -0.706. The van der Waals surface area contributed by atoms with Gasteiger partial charge in [0.2, 0.25) is 6.39 Å². The van der Waals surface area contributed by atoms with Gasteiger partial charge in [0, 0.05) is 0 Å². The molecule has 9 heavy (non-hydrogen) atoms. The third-order valence-corrected chi connectivity index (χ3v) is 0.571. The number of primary amides is 1. The zero-order chi connectivity index (χ0) is 5.98. The van der Waals surface area contributed by atoms with Gasteiger partial charge in [-0.3, -0.25) is 4.79 Å². The molecule has 2 N–H and O–H groups in total. The van der Waals surface area contributed by atoms with E-state index >= 15 is 0 Å². The van der Waals surface area contributed by atoms with E-state index in [1.807, 2.05) is 0 Å². The van der Waals surface area contributed by atoms with Crippen molar-refractivity contribution in [3.05, 3.63) is 12.3 Å². The Hall–Kier alpha value is -1.10. The molecule has 6 heteroatoms. The lowest BCUT2D eigenvalue weighted by Gasteiger charge is -1.76. The second-order valence-electron chi connectivity index (χ2n) is 1.11. The fraction of sp³-hybridized carbons (Fsp3) is 0. The van der Waals surface area contributed by atoms with Gasteiger partial charge in [0.25, 0.3) is 0 Å². The quantitative estimate of drug-likeness (QED) is 0.589. The second kappa shape index (κ2) is 3.03. The van der Waals surface area contributed by atoms with Gasteiger partial charge >= 0.3 is 11.8 Å². The zero-order valence-electron chi connectivity index (χ0n) is 4.27. The first-order chi connectivity index (χ1) is 3.80. The molecule has 0 saturated heterocycles. The molecular formula is C3H4ClN3O2. The fourth-order valence-corrected chi connectivity index (χ4v) is 0.280. The Balaban J connectivity index is 0.000000640. The Bertz CT molecular complexity index is 185. The van der Waals surface area contributed by atoms with Gasteiger partial charge < -0.3 is 10.2 Å². The third-order valence-electron chi connectivity index (χ3n) is 0.571. The topological polar surface area (TPSA) is 82.0 Å². The summed E-state index contributed by atoms with van der Waals surface area (Å²) in [5.74, 6) is -0.868. The van der Waals surface area contributed by atoms with Crippen LogP contribution in [0.15, 0.2) is 10.8 Å². The molecule has 1 rings (SSSR count). The molecule has 1 aromatic heterocycles. The molecule has 1 amide bonds. The number of aromatic nitrogens is 2. The summed E-state index contributed by atoms with van der Waals surface area (Å²) in [6.45, 7) is 0. The maximum atomic E-state index is 10.1. The van der Waals surface area contributed by atoms with E-state index in [1.165, 1.54) is 0 Å². The SMILES string of the molecule is Cl.NC(=O)c1nnco1. The molecular weight excluding hydrogens is 146 g/mol. The van der Waals surface area contributed by atoms with Crippen LogP contribution in [0.2, 0.25) is 0 Å². The number of halogens is 1. The summed E-state index contributed by atoms with van der Waals surface area (Å²) < 4.78 is 4.40. The molecule has 5 nitrogen and oxygen atoms in total. The second-order valence-corrected chi connectivity index (χ2v) is 1.11. The minimum absolute atomic E-state index is 0. The van der Waals surface area contributed by atoms with Crippen LogP contribution < -0.4 is 5.73 Å². The minimum Gasteiger partial charge on any atom is -0.420 e. The number of nitrogens with two attached hydrogens (primary N) is 1. The number of rotatable bonds is 1. The number of amides is 1. The van der Waals surface area contributed by atoms with Gasteiger partial charge in [0.15, 0.2) is 0 Å². The first-order valence-corrected chi connectivity index (χ1v) is 1.86. The van der Waals surface area contributed by atoms with Crippen LogP contribution in [-0.4, -0.2) is 16.1 Å². The molecule has 0 atom stereocenters. The van der Waals surface area contributed by atoms with Crippen molar-refractivity contribution in [1.82, 2.24) is 10.2 Å². The molecule has 0 fully saturated rings. The normalized spacial score (nSPS) is 8.00. The average Bonchev–Trinajstić information content (AvgIpc) is 2.12. The van der Waals surface area contributed by atoms with Crippen molar-refractivity contribution in [1.29, 1.82) is 0 Å². The number of carbonyl (C=O) groups excluding carboxylic acids is 1. The molecule has 0 saturated carbocycles. The van der Waals surface area contributed by atoms with E-state index in [0.717, 1.165) is 6.39 Å². The first-order valence-electron chi connectivity index (χ1n) is 1.86. The highest BCUT2D eigenvalue weighted by atomic mass is 35.5. The maximum Gasteiger partial charge on any atom is 0.306 e. The predicted octanol–water partition coefficient (Wildman–Crippen LogP) is -0.410. The smallest absolute Gasteiger partial charge is 0.306 e. The average molecular weight is 150 g/mol. The zero-order valence-corrected chi connectivity index (χ0v) is 5.09. The highest BCUT2D eigenvalue weighted by Gasteiger charge is 2.02. The molecule has 0 radical (unpaired) electrons. The molecule has 0 bridgehead atoms. The van der Waals surface area contributed by atoms with Gasteiger partial charge in [0.1, 0.15) is 0 Å². The molecule has 0 aliphatic heterocycles. The lowest BCUT2D eigenvalue weighted by molar-refractivity contribution is 0.0967. The molecule has 1 heterocycles.